The molecule has 19 heavy (non-hydrogen) atoms. The van der Waals surface area contributed by atoms with E-state index in [0.29, 0.717) is 18.5 Å². The van der Waals surface area contributed by atoms with E-state index in [1.54, 1.807) is 19.1 Å². The Hall–Kier alpha value is -1.62. The molecule has 0 aliphatic rings. The summed E-state index contributed by atoms with van der Waals surface area (Å²) in [5.74, 6) is -0.953. The van der Waals surface area contributed by atoms with Gasteiger partial charge in [-0.15, -0.1) is 0 Å². The number of hydrogen-bond acceptors (Lipinski definition) is 3. The SMILES string of the molecule is CCCNCc1cccc(F)c1OC(CC)C(N)=O. The Morgan fingerprint density at radius 1 is 1.47 bits per heavy atom. The molecule has 3 N–H and O–H groups in total. The molecule has 5 heteroatoms. The van der Waals surface area contributed by atoms with Crippen molar-refractivity contribution in [3.05, 3.63) is 29.6 Å². The number of hydrogen-bond donors (Lipinski definition) is 2. The Labute approximate surface area is 113 Å². The highest BCUT2D eigenvalue weighted by molar-refractivity contribution is 5.79. The first kappa shape index (κ1) is 15.4. The maximum Gasteiger partial charge on any atom is 0.258 e. The number of para-hydroxylation sites is 1. The predicted octanol–water partition coefficient (Wildman–Crippen LogP) is 1.97. The van der Waals surface area contributed by atoms with Crippen LogP contribution in [0.3, 0.4) is 0 Å². The number of primary amides is 1. The zero-order chi connectivity index (χ0) is 14.3. The fourth-order valence-electron chi connectivity index (χ4n) is 1.71. The number of carbonyl (C=O) groups excluding carboxylic acids is 1. The molecule has 4 nitrogen and oxygen atoms in total. The van der Waals surface area contributed by atoms with Gasteiger partial charge in [-0.1, -0.05) is 26.0 Å². The van der Waals surface area contributed by atoms with Crippen LogP contribution in [0.2, 0.25) is 0 Å². The summed E-state index contributed by atoms with van der Waals surface area (Å²) >= 11 is 0. The van der Waals surface area contributed by atoms with Crippen molar-refractivity contribution in [1.82, 2.24) is 5.32 Å². The lowest BCUT2D eigenvalue weighted by Crippen LogP contribution is -2.33. The molecule has 0 fully saturated rings. The fourth-order valence-corrected chi connectivity index (χ4v) is 1.71. The van der Waals surface area contributed by atoms with Crippen molar-refractivity contribution >= 4 is 5.91 Å². The smallest absolute Gasteiger partial charge is 0.258 e. The topological polar surface area (TPSA) is 64.3 Å². The third-order valence-electron chi connectivity index (χ3n) is 2.74. The van der Waals surface area contributed by atoms with E-state index in [2.05, 4.69) is 12.2 Å². The van der Waals surface area contributed by atoms with Gasteiger partial charge in [0.05, 0.1) is 0 Å². The monoisotopic (exact) mass is 268 g/mol. The second-order valence-electron chi connectivity index (χ2n) is 4.32. The van der Waals surface area contributed by atoms with Crippen molar-refractivity contribution < 1.29 is 13.9 Å². The molecule has 1 aromatic rings. The van der Waals surface area contributed by atoms with E-state index in [9.17, 15) is 9.18 Å². The van der Waals surface area contributed by atoms with Crippen LogP contribution < -0.4 is 15.8 Å². The van der Waals surface area contributed by atoms with E-state index in [0.717, 1.165) is 13.0 Å². The second-order valence-corrected chi connectivity index (χ2v) is 4.32. The first-order chi connectivity index (χ1) is 9.10. The molecule has 0 heterocycles. The van der Waals surface area contributed by atoms with E-state index in [1.807, 2.05) is 0 Å². The Bertz CT molecular complexity index is 424. The van der Waals surface area contributed by atoms with Crippen molar-refractivity contribution in [2.24, 2.45) is 5.73 Å². The van der Waals surface area contributed by atoms with E-state index < -0.39 is 17.8 Å². The second kappa shape index (κ2) is 7.74. The van der Waals surface area contributed by atoms with Crippen LogP contribution in [0.1, 0.15) is 32.3 Å². The maximum absolute atomic E-state index is 13.8. The van der Waals surface area contributed by atoms with Crippen LogP contribution in [-0.4, -0.2) is 18.6 Å². The van der Waals surface area contributed by atoms with E-state index >= 15 is 0 Å². The van der Waals surface area contributed by atoms with Crippen molar-refractivity contribution in [2.75, 3.05) is 6.54 Å². The molecule has 1 atom stereocenters. The molecule has 0 saturated heterocycles. The van der Waals surface area contributed by atoms with Crippen LogP contribution in [0.4, 0.5) is 4.39 Å². The number of carbonyl (C=O) groups is 1. The van der Waals surface area contributed by atoms with Gasteiger partial charge in [-0.2, -0.15) is 0 Å². The van der Waals surface area contributed by atoms with Gasteiger partial charge < -0.3 is 15.8 Å². The van der Waals surface area contributed by atoms with E-state index in [4.69, 9.17) is 10.5 Å². The number of rotatable bonds is 8. The van der Waals surface area contributed by atoms with Gasteiger partial charge in [-0.3, -0.25) is 4.79 Å². The molecule has 0 aliphatic heterocycles. The average molecular weight is 268 g/mol. The standard InChI is InChI=1S/C14H21FN2O2/c1-3-8-17-9-10-6-5-7-11(15)13(10)19-12(4-2)14(16)18/h5-7,12,17H,3-4,8-9H2,1-2H3,(H2,16,18). The Balaban J connectivity index is 2.87. The van der Waals surface area contributed by atoms with E-state index in [-0.39, 0.29) is 5.75 Å². The van der Waals surface area contributed by atoms with Gasteiger partial charge in [-0.25, -0.2) is 4.39 Å². The van der Waals surface area contributed by atoms with Gasteiger partial charge in [0.25, 0.3) is 5.91 Å². The number of benzene rings is 1. The summed E-state index contributed by atoms with van der Waals surface area (Å²) in [5, 5.41) is 3.18. The molecule has 0 aliphatic carbocycles. The summed E-state index contributed by atoms with van der Waals surface area (Å²) < 4.78 is 19.2. The van der Waals surface area contributed by atoms with Crippen molar-refractivity contribution in [3.63, 3.8) is 0 Å². The first-order valence-corrected chi connectivity index (χ1v) is 6.54. The molecular formula is C14H21FN2O2. The Kier molecular flexibility index (Phi) is 6.29. The maximum atomic E-state index is 13.8. The highest BCUT2D eigenvalue weighted by atomic mass is 19.1. The van der Waals surface area contributed by atoms with Gasteiger partial charge in [0.15, 0.2) is 17.7 Å². The molecule has 0 radical (unpaired) electrons. The lowest BCUT2D eigenvalue weighted by molar-refractivity contribution is -0.124. The number of nitrogens with one attached hydrogen (secondary N) is 1. The molecule has 0 aromatic heterocycles. The highest BCUT2D eigenvalue weighted by Crippen LogP contribution is 2.24. The third kappa shape index (κ3) is 4.52. The van der Waals surface area contributed by atoms with Crippen molar-refractivity contribution in [3.8, 4) is 5.75 Å². The summed E-state index contributed by atoms with van der Waals surface area (Å²) in [6.07, 6.45) is 0.595. The van der Waals surface area contributed by atoms with Crippen molar-refractivity contribution in [1.29, 1.82) is 0 Å². The zero-order valence-corrected chi connectivity index (χ0v) is 11.4. The third-order valence-corrected chi connectivity index (χ3v) is 2.74. The van der Waals surface area contributed by atoms with Crippen LogP contribution in [0.15, 0.2) is 18.2 Å². The molecule has 1 aromatic carbocycles. The van der Waals surface area contributed by atoms with Crippen LogP contribution in [-0.2, 0) is 11.3 Å². The molecule has 1 unspecified atom stereocenters. The summed E-state index contributed by atoms with van der Waals surface area (Å²) in [4.78, 5) is 11.2. The quantitative estimate of drug-likeness (QED) is 0.708. The minimum atomic E-state index is -0.804. The molecule has 0 spiro atoms. The lowest BCUT2D eigenvalue weighted by atomic mass is 10.1. The number of ether oxygens (including phenoxy) is 1. The molecule has 0 bridgehead atoms. The van der Waals surface area contributed by atoms with E-state index in [1.165, 1.54) is 6.07 Å². The zero-order valence-electron chi connectivity index (χ0n) is 11.4. The number of nitrogens with two attached hydrogens (primary N) is 1. The van der Waals surface area contributed by atoms with Gasteiger partial charge in [0.2, 0.25) is 0 Å². The van der Waals surface area contributed by atoms with Crippen LogP contribution in [0.25, 0.3) is 0 Å². The Morgan fingerprint density at radius 2 is 2.21 bits per heavy atom. The first-order valence-electron chi connectivity index (χ1n) is 6.54. The van der Waals surface area contributed by atoms with Crippen LogP contribution in [0, 0.1) is 5.82 Å². The molecule has 1 amide bonds. The molecule has 0 saturated carbocycles. The summed E-state index contributed by atoms with van der Waals surface area (Å²) in [6.45, 7) is 5.15. The summed E-state index contributed by atoms with van der Waals surface area (Å²) in [6, 6.07) is 4.71. The van der Waals surface area contributed by atoms with Gasteiger partial charge in [0, 0.05) is 12.1 Å². The van der Waals surface area contributed by atoms with Crippen LogP contribution >= 0.6 is 0 Å². The summed E-state index contributed by atoms with van der Waals surface area (Å²) in [7, 11) is 0. The molecule has 106 valence electrons. The predicted molar refractivity (Wildman–Crippen MR) is 72.3 cm³/mol. The number of amides is 1. The minimum Gasteiger partial charge on any atom is -0.477 e. The van der Waals surface area contributed by atoms with Gasteiger partial charge in [-0.05, 0) is 25.5 Å². The summed E-state index contributed by atoms with van der Waals surface area (Å²) in [5.41, 5.74) is 5.90. The van der Waals surface area contributed by atoms with Crippen LogP contribution in [0.5, 0.6) is 5.75 Å². The Morgan fingerprint density at radius 3 is 2.79 bits per heavy atom. The number of halogens is 1. The normalized spacial score (nSPS) is 12.2. The van der Waals surface area contributed by atoms with Crippen molar-refractivity contribution in [2.45, 2.75) is 39.3 Å². The molecular weight excluding hydrogens is 247 g/mol. The van der Waals surface area contributed by atoms with Gasteiger partial charge in [0.1, 0.15) is 0 Å². The average Bonchev–Trinajstić information content (AvgIpc) is 2.38. The largest absolute Gasteiger partial charge is 0.477 e. The molecule has 1 rings (SSSR count). The fraction of sp³-hybridized carbons (Fsp3) is 0.500. The lowest BCUT2D eigenvalue weighted by Gasteiger charge is -2.18. The van der Waals surface area contributed by atoms with Gasteiger partial charge >= 0.3 is 0 Å². The highest BCUT2D eigenvalue weighted by Gasteiger charge is 2.19. The minimum absolute atomic E-state index is 0.108.